The summed E-state index contributed by atoms with van der Waals surface area (Å²) in [6.07, 6.45) is 0.790. The van der Waals surface area contributed by atoms with Crippen LogP contribution >= 0.6 is 66.7 Å². The van der Waals surface area contributed by atoms with Crippen LogP contribution < -0.4 is 0 Å². The fourth-order valence-corrected chi connectivity index (χ4v) is 3.77. The Hall–Kier alpha value is 0.270. The Labute approximate surface area is 144 Å². The summed E-state index contributed by atoms with van der Waals surface area (Å²) in [6.45, 7) is 0. The van der Waals surface area contributed by atoms with Gasteiger partial charge < -0.3 is 0 Å². The summed E-state index contributed by atoms with van der Waals surface area (Å²) in [5.41, 5.74) is 2.16. The third-order valence-corrected chi connectivity index (χ3v) is 5.08. The van der Waals surface area contributed by atoms with Crippen molar-refractivity contribution in [2.75, 3.05) is 0 Å². The van der Waals surface area contributed by atoms with Gasteiger partial charge in [-0.2, -0.15) is 0 Å². The predicted molar refractivity (Wildman–Crippen MR) is 91.0 cm³/mol. The quantitative estimate of drug-likeness (QED) is 0.445. The van der Waals surface area contributed by atoms with Gasteiger partial charge in [-0.25, -0.2) is 0 Å². The molecule has 0 fully saturated rings. The van der Waals surface area contributed by atoms with Gasteiger partial charge in [0.05, 0.1) is 10.0 Å². The molecule has 0 spiro atoms. The third-order valence-electron chi connectivity index (χ3n) is 2.70. The monoisotopic (exact) mass is 440 g/mol. The number of benzene rings is 2. The summed E-state index contributed by atoms with van der Waals surface area (Å²) in [6, 6.07) is 11.5. The molecule has 5 heteroatoms. The van der Waals surface area contributed by atoms with Crippen LogP contribution in [0, 0.1) is 0 Å². The number of hydrogen-bond acceptors (Lipinski definition) is 0. The van der Waals surface area contributed by atoms with E-state index in [0.29, 0.717) is 10.0 Å². The number of rotatable bonds is 3. The first-order chi connectivity index (χ1) is 8.97. The molecule has 0 saturated carbocycles. The molecular weight excluding hydrogens is 434 g/mol. The molecule has 1 atom stereocenters. The Morgan fingerprint density at radius 3 is 2.26 bits per heavy atom. The van der Waals surface area contributed by atoms with E-state index in [-0.39, 0.29) is 4.83 Å². The number of hydrogen-bond donors (Lipinski definition) is 0. The third kappa shape index (κ3) is 4.12. The summed E-state index contributed by atoms with van der Waals surface area (Å²) in [4.78, 5) is 0.130. The Balaban J connectivity index is 2.20. The molecule has 0 N–H and O–H groups in total. The highest BCUT2D eigenvalue weighted by Crippen LogP contribution is 2.35. The second kappa shape index (κ2) is 6.82. The van der Waals surface area contributed by atoms with E-state index in [1.165, 1.54) is 0 Å². The Morgan fingerprint density at radius 2 is 1.63 bits per heavy atom. The molecule has 0 radical (unpaired) electrons. The van der Waals surface area contributed by atoms with E-state index in [1.54, 1.807) is 0 Å². The van der Waals surface area contributed by atoms with Crippen LogP contribution in [0.4, 0.5) is 0 Å². The van der Waals surface area contributed by atoms with E-state index in [1.807, 2.05) is 36.4 Å². The molecule has 0 saturated heterocycles. The van der Waals surface area contributed by atoms with Gasteiger partial charge in [0.2, 0.25) is 0 Å². The number of alkyl halides is 1. The molecule has 0 heterocycles. The van der Waals surface area contributed by atoms with Crippen LogP contribution in [0.15, 0.2) is 40.9 Å². The van der Waals surface area contributed by atoms with Crippen molar-refractivity contribution in [2.24, 2.45) is 0 Å². The normalized spacial score (nSPS) is 12.5. The van der Waals surface area contributed by atoms with Crippen molar-refractivity contribution in [3.63, 3.8) is 0 Å². The minimum Gasteiger partial charge on any atom is -0.0840 e. The zero-order valence-electron chi connectivity index (χ0n) is 9.64. The highest BCUT2D eigenvalue weighted by atomic mass is 79.9. The maximum atomic E-state index is 6.24. The van der Waals surface area contributed by atoms with E-state index in [0.717, 1.165) is 27.0 Å². The topological polar surface area (TPSA) is 0 Å². The Kier molecular flexibility index (Phi) is 5.62. The van der Waals surface area contributed by atoms with Crippen LogP contribution in [0.25, 0.3) is 0 Å². The summed E-state index contributed by atoms with van der Waals surface area (Å²) in [7, 11) is 0. The average Bonchev–Trinajstić information content (AvgIpc) is 2.33. The van der Waals surface area contributed by atoms with Crippen LogP contribution in [-0.2, 0) is 6.42 Å². The van der Waals surface area contributed by atoms with Crippen molar-refractivity contribution >= 4 is 66.7 Å². The minimum atomic E-state index is 0.130. The zero-order chi connectivity index (χ0) is 14.0. The highest BCUT2D eigenvalue weighted by Gasteiger charge is 2.13. The van der Waals surface area contributed by atoms with Gasteiger partial charge in [0, 0.05) is 14.3 Å². The molecule has 0 bridgehead atoms. The van der Waals surface area contributed by atoms with E-state index < -0.39 is 0 Å². The molecule has 100 valence electrons. The van der Waals surface area contributed by atoms with Gasteiger partial charge in [0.15, 0.2) is 0 Å². The van der Waals surface area contributed by atoms with Gasteiger partial charge in [-0.1, -0.05) is 78.8 Å². The largest absolute Gasteiger partial charge is 0.0840 e. The van der Waals surface area contributed by atoms with Gasteiger partial charge in [-0.3, -0.25) is 0 Å². The lowest BCUT2D eigenvalue weighted by Gasteiger charge is -2.13. The van der Waals surface area contributed by atoms with Crippen LogP contribution in [0.1, 0.15) is 16.0 Å². The second-order valence-electron chi connectivity index (χ2n) is 4.09. The van der Waals surface area contributed by atoms with E-state index in [2.05, 4.69) is 31.9 Å². The Morgan fingerprint density at radius 1 is 0.895 bits per heavy atom. The first-order valence-electron chi connectivity index (χ1n) is 5.50. The van der Waals surface area contributed by atoms with E-state index in [9.17, 15) is 0 Å². The van der Waals surface area contributed by atoms with E-state index in [4.69, 9.17) is 34.8 Å². The van der Waals surface area contributed by atoms with Gasteiger partial charge in [0.25, 0.3) is 0 Å². The minimum absolute atomic E-state index is 0.130. The second-order valence-corrected chi connectivity index (χ2v) is 7.33. The summed E-state index contributed by atoms with van der Waals surface area (Å²) in [5.74, 6) is 0. The lowest BCUT2D eigenvalue weighted by atomic mass is 10.0. The molecule has 0 aliphatic rings. The van der Waals surface area contributed by atoms with E-state index >= 15 is 0 Å². The van der Waals surface area contributed by atoms with Crippen LogP contribution in [0.2, 0.25) is 15.1 Å². The molecule has 0 aromatic heterocycles. The summed E-state index contributed by atoms with van der Waals surface area (Å²) in [5, 5.41) is 1.87. The van der Waals surface area contributed by atoms with Crippen LogP contribution in [-0.4, -0.2) is 0 Å². The smallest absolute Gasteiger partial charge is 0.0595 e. The molecular formula is C14H9Br2Cl3. The molecule has 2 aromatic carbocycles. The number of halogens is 5. The zero-order valence-corrected chi connectivity index (χ0v) is 15.1. The molecule has 1 unspecified atom stereocenters. The fourth-order valence-electron chi connectivity index (χ4n) is 1.74. The van der Waals surface area contributed by atoms with Crippen LogP contribution in [0.3, 0.4) is 0 Å². The molecule has 0 aliphatic carbocycles. The molecule has 19 heavy (non-hydrogen) atoms. The standard InChI is InChI=1S/C14H9Br2Cl3/c15-9-2-3-10(13(18)7-9)11(16)5-8-1-4-12(17)14(19)6-8/h1-4,6-7,11H,5H2. The summed E-state index contributed by atoms with van der Waals surface area (Å²) < 4.78 is 0.968. The molecule has 0 nitrogen and oxygen atoms in total. The van der Waals surface area contributed by atoms with Gasteiger partial charge in [-0.05, 0) is 41.8 Å². The van der Waals surface area contributed by atoms with Crippen molar-refractivity contribution in [1.29, 1.82) is 0 Å². The first kappa shape index (κ1) is 15.7. The molecule has 2 aromatic rings. The van der Waals surface area contributed by atoms with Crippen LogP contribution in [0.5, 0.6) is 0 Å². The highest BCUT2D eigenvalue weighted by molar-refractivity contribution is 9.10. The molecule has 0 amide bonds. The molecule has 0 aliphatic heterocycles. The first-order valence-corrected chi connectivity index (χ1v) is 8.34. The summed E-state index contributed by atoms with van der Waals surface area (Å²) >= 11 is 25.2. The van der Waals surface area contributed by atoms with Crippen molar-refractivity contribution in [3.05, 3.63) is 67.1 Å². The van der Waals surface area contributed by atoms with Crippen molar-refractivity contribution < 1.29 is 0 Å². The van der Waals surface area contributed by atoms with Gasteiger partial charge in [-0.15, -0.1) is 0 Å². The Bertz CT molecular complexity index is 599. The van der Waals surface area contributed by atoms with Gasteiger partial charge in [0.1, 0.15) is 0 Å². The van der Waals surface area contributed by atoms with Crippen molar-refractivity contribution in [1.82, 2.24) is 0 Å². The van der Waals surface area contributed by atoms with Crippen molar-refractivity contribution in [3.8, 4) is 0 Å². The predicted octanol–water partition coefficient (Wildman–Crippen LogP) is 7.09. The SMILES string of the molecule is Clc1ccc(CC(Br)c2ccc(Br)cc2Cl)cc1Cl. The fraction of sp³-hybridized carbons (Fsp3) is 0.143. The lowest BCUT2D eigenvalue weighted by Crippen LogP contribution is -1.96. The van der Waals surface area contributed by atoms with Crippen molar-refractivity contribution in [2.45, 2.75) is 11.2 Å². The van der Waals surface area contributed by atoms with Gasteiger partial charge >= 0.3 is 0 Å². The lowest BCUT2D eigenvalue weighted by molar-refractivity contribution is 0.949. The maximum Gasteiger partial charge on any atom is 0.0595 e. The molecule has 2 rings (SSSR count). The average molecular weight is 443 g/mol. The maximum absolute atomic E-state index is 6.24.